The minimum Gasteiger partial charge on any atom is -0.463 e. The zero-order valence-electron chi connectivity index (χ0n) is 58.0. The molecule has 2 aliphatic heterocycles. The van der Waals surface area contributed by atoms with Crippen molar-refractivity contribution in [2.24, 2.45) is 0 Å². The van der Waals surface area contributed by atoms with E-state index < -0.39 is 156 Å². The van der Waals surface area contributed by atoms with Crippen molar-refractivity contribution >= 4 is 25.7 Å². The molecule has 558 valence electrons. The van der Waals surface area contributed by atoms with Crippen LogP contribution in [0.4, 0.5) is 0 Å². The molecule has 11 N–H and O–H groups in total. The lowest BCUT2D eigenvalue weighted by Crippen LogP contribution is -2.69. The van der Waals surface area contributed by atoms with Crippen LogP contribution in [0.1, 0.15) is 284 Å². The molecule has 0 radical (unpaired) electrons. The second kappa shape index (κ2) is 52.6. The highest BCUT2D eigenvalue weighted by Gasteiger charge is 2.58. The summed E-state index contributed by atoms with van der Waals surface area (Å²) in [5.41, 5.74) is 0. The van der Waals surface area contributed by atoms with Gasteiger partial charge >= 0.3 is 25.7 Å². The van der Waals surface area contributed by atoms with E-state index in [4.69, 9.17) is 42.2 Å². The molecule has 3 fully saturated rings. The SMILES string of the molecule is CCCCCCCCC/C=C\CCCCCC(=O)OCC1OC(OC2C(O)C(O)C(O)C(OC3OC(CO)C(O)C(O)C3O)C2OP(=O)(O)OCC(COC(=O)CCCCCCCCCCCCCCC)OC(=O)CCCCCCCCCCCCCCC)C(O)C(O)C1O. The van der Waals surface area contributed by atoms with Gasteiger partial charge in [0.15, 0.2) is 18.7 Å². The van der Waals surface area contributed by atoms with Crippen LogP contribution in [0.5, 0.6) is 0 Å². The van der Waals surface area contributed by atoms with Crippen LogP contribution in [0.15, 0.2) is 12.2 Å². The van der Waals surface area contributed by atoms with E-state index in [-0.39, 0.29) is 19.3 Å². The molecule has 3 aliphatic rings. The van der Waals surface area contributed by atoms with Crippen LogP contribution in [-0.4, -0.2) is 204 Å². The number of unbranched alkanes of at least 4 members (excludes halogenated alkanes) is 34. The lowest BCUT2D eigenvalue weighted by molar-refractivity contribution is -0.360. The maximum absolute atomic E-state index is 14.3. The van der Waals surface area contributed by atoms with Gasteiger partial charge in [0, 0.05) is 19.3 Å². The summed E-state index contributed by atoms with van der Waals surface area (Å²) in [5, 5.41) is 110. The number of phosphoric acid groups is 1. The molecular formula is C70H129O24P. The molecule has 1 saturated carbocycles. The van der Waals surface area contributed by atoms with Gasteiger partial charge in [-0.05, 0) is 44.9 Å². The van der Waals surface area contributed by atoms with Crippen molar-refractivity contribution in [3.63, 3.8) is 0 Å². The van der Waals surface area contributed by atoms with Crippen LogP contribution in [0.25, 0.3) is 0 Å². The van der Waals surface area contributed by atoms with E-state index in [0.29, 0.717) is 19.3 Å². The van der Waals surface area contributed by atoms with E-state index in [1.54, 1.807) is 0 Å². The number of esters is 3. The predicted octanol–water partition coefficient (Wildman–Crippen LogP) is 9.57. The molecule has 2 saturated heterocycles. The first-order valence-corrected chi connectivity index (χ1v) is 38.5. The molecule has 0 aromatic carbocycles. The van der Waals surface area contributed by atoms with Crippen LogP contribution in [0.2, 0.25) is 0 Å². The third kappa shape index (κ3) is 36.2. The number of ether oxygens (including phenoxy) is 7. The maximum atomic E-state index is 14.3. The van der Waals surface area contributed by atoms with Gasteiger partial charge in [-0.3, -0.25) is 23.4 Å². The Bertz CT molecular complexity index is 2020. The summed E-state index contributed by atoms with van der Waals surface area (Å²) < 4.78 is 64.9. The van der Waals surface area contributed by atoms with E-state index in [1.165, 1.54) is 128 Å². The number of aliphatic hydroxyl groups excluding tert-OH is 10. The van der Waals surface area contributed by atoms with Crippen molar-refractivity contribution in [2.45, 2.75) is 388 Å². The zero-order valence-corrected chi connectivity index (χ0v) is 58.9. The minimum absolute atomic E-state index is 0.00958. The highest BCUT2D eigenvalue weighted by molar-refractivity contribution is 7.47. The third-order valence-electron chi connectivity index (χ3n) is 18.3. The van der Waals surface area contributed by atoms with Crippen LogP contribution in [-0.2, 0) is 61.2 Å². The van der Waals surface area contributed by atoms with Crippen LogP contribution < -0.4 is 0 Å². The zero-order chi connectivity index (χ0) is 69.6. The standard InChI is InChI=1S/C70H129O24P/c1-4-7-10-13-16-19-22-25-28-30-33-36-39-42-45-55(73)87-50-53-58(76)60(78)65(83)70(91-53)93-67-63(81)61(79)62(80)66(92-69-64(82)59(77)57(75)52(47-71)90-69)68(67)94-95(84,85)88-49-51(89-56(74)46-43-40-37-34-31-27-24-21-18-15-12-9-6-3)48-86-54(72)44-41-38-35-32-29-26-23-20-17-14-11-8-5-2/h28,30,51-53,57-71,75-83H,4-27,29,31-50H2,1-3H3,(H,84,85)/b30-28-. The Labute approximate surface area is 567 Å². The monoisotopic (exact) mass is 1380 g/mol. The largest absolute Gasteiger partial charge is 0.472 e. The van der Waals surface area contributed by atoms with Gasteiger partial charge in [-0.15, -0.1) is 0 Å². The van der Waals surface area contributed by atoms with Crippen LogP contribution >= 0.6 is 7.82 Å². The van der Waals surface area contributed by atoms with E-state index in [9.17, 15) is 74.9 Å². The topological polar surface area (TPSA) is 374 Å². The van der Waals surface area contributed by atoms with Gasteiger partial charge in [0.05, 0.1) is 13.2 Å². The highest BCUT2D eigenvalue weighted by atomic mass is 31.2. The molecule has 0 aromatic rings. The molecule has 0 spiro atoms. The van der Waals surface area contributed by atoms with E-state index >= 15 is 0 Å². The molecular weight excluding hydrogens is 1260 g/mol. The highest BCUT2D eigenvalue weighted by Crippen LogP contribution is 2.49. The first-order chi connectivity index (χ1) is 45.8. The van der Waals surface area contributed by atoms with Crippen LogP contribution in [0, 0.1) is 0 Å². The summed E-state index contributed by atoms with van der Waals surface area (Å²) in [5.74, 6) is -2.00. The molecule has 2 heterocycles. The number of phosphoric ester groups is 1. The molecule has 0 bridgehead atoms. The summed E-state index contributed by atoms with van der Waals surface area (Å²) >= 11 is 0. The number of allylic oxidation sites excluding steroid dienone is 2. The summed E-state index contributed by atoms with van der Waals surface area (Å²) in [6.45, 7) is 3.43. The van der Waals surface area contributed by atoms with E-state index in [1.807, 2.05) is 0 Å². The van der Waals surface area contributed by atoms with Gasteiger partial charge in [-0.25, -0.2) is 4.57 Å². The number of hydrogen-bond donors (Lipinski definition) is 11. The predicted molar refractivity (Wildman–Crippen MR) is 356 cm³/mol. The average molecular weight is 1390 g/mol. The molecule has 25 heteroatoms. The smallest absolute Gasteiger partial charge is 0.463 e. The van der Waals surface area contributed by atoms with Crippen molar-refractivity contribution in [1.29, 1.82) is 0 Å². The number of carbonyl (C=O) groups is 3. The number of aliphatic hydroxyl groups is 10. The average Bonchev–Trinajstić information content (AvgIpc) is 0.764. The molecule has 24 nitrogen and oxygen atoms in total. The summed E-state index contributed by atoms with van der Waals surface area (Å²) in [6, 6.07) is 0. The van der Waals surface area contributed by atoms with E-state index in [2.05, 4.69) is 32.9 Å². The number of hydrogen-bond acceptors (Lipinski definition) is 23. The molecule has 3 rings (SSSR count). The number of carbonyl (C=O) groups excluding carboxylic acids is 3. The lowest BCUT2D eigenvalue weighted by atomic mass is 9.84. The molecule has 1 aliphatic carbocycles. The van der Waals surface area contributed by atoms with Gasteiger partial charge in [-0.2, -0.15) is 0 Å². The molecule has 0 amide bonds. The van der Waals surface area contributed by atoms with Crippen molar-refractivity contribution in [3.8, 4) is 0 Å². The van der Waals surface area contributed by atoms with Gasteiger partial charge < -0.3 is 89.1 Å². The third-order valence-corrected chi connectivity index (χ3v) is 19.3. The Morgan fingerprint density at radius 1 is 0.400 bits per heavy atom. The first kappa shape index (κ1) is 86.9. The Hall–Kier alpha value is -2.30. The van der Waals surface area contributed by atoms with Crippen molar-refractivity contribution in [1.82, 2.24) is 0 Å². The second-order valence-corrected chi connectivity index (χ2v) is 28.1. The minimum atomic E-state index is -5.69. The van der Waals surface area contributed by atoms with Crippen molar-refractivity contribution in [3.05, 3.63) is 12.2 Å². The normalized spacial score (nSPS) is 28.1. The first-order valence-electron chi connectivity index (χ1n) is 37.0. The van der Waals surface area contributed by atoms with Crippen LogP contribution in [0.3, 0.4) is 0 Å². The van der Waals surface area contributed by atoms with Gasteiger partial charge in [0.2, 0.25) is 0 Å². The lowest BCUT2D eigenvalue weighted by Gasteiger charge is -2.49. The fourth-order valence-electron chi connectivity index (χ4n) is 12.2. The van der Waals surface area contributed by atoms with Crippen molar-refractivity contribution in [2.75, 3.05) is 26.4 Å². The van der Waals surface area contributed by atoms with Gasteiger partial charge in [0.1, 0.15) is 98.7 Å². The fourth-order valence-corrected chi connectivity index (χ4v) is 13.2. The fraction of sp³-hybridized carbons (Fsp3) is 0.929. The molecule has 18 atom stereocenters. The van der Waals surface area contributed by atoms with Crippen molar-refractivity contribution < 1.29 is 117 Å². The Morgan fingerprint density at radius 2 is 0.737 bits per heavy atom. The molecule has 18 unspecified atom stereocenters. The van der Waals surface area contributed by atoms with E-state index in [0.717, 1.165) is 96.3 Å². The Morgan fingerprint density at radius 3 is 1.15 bits per heavy atom. The second-order valence-electron chi connectivity index (χ2n) is 26.7. The molecule has 0 aromatic heterocycles. The summed E-state index contributed by atoms with van der Waals surface area (Å²) in [4.78, 5) is 50.9. The maximum Gasteiger partial charge on any atom is 0.472 e. The quantitative estimate of drug-likeness (QED) is 0.00887. The Kier molecular flexibility index (Phi) is 48.2. The van der Waals surface area contributed by atoms with Gasteiger partial charge in [-0.1, -0.05) is 232 Å². The summed E-state index contributed by atoms with van der Waals surface area (Å²) in [7, 11) is -5.69. The number of rotatable bonds is 57. The summed E-state index contributed by atoms with van der Waals surface area (Å²) in [6.07, 6.45) is 10.0. The molecule has 95 heavy (non-hydrogen) atoms. The van der Waals surface area contributed by atoms with Gasteiger partial charge in [0.25, 0.3) is 0 Å². The Balaban J connectivity index is 1.75.